The lowest BCUT2D eigenvalue weighted by atomic mass is 10.2. The molecule has 2 aromatic carbocycles. The summed E-state index contributed by atoms with van der Waals surface area (Å²) in [5.74, 6) is 1.01. The fourth-order valence-electron chi connectivity index (χ4n) is 1.28. The van der Waals surface area contributed by atoms with Crippen molar-refractivity contribution in [2.24, 2.45) is 0 Å². The highest BCUT2D eigenvalue weighted by atomic mass is 16.5. The zero-order valence-electron chi connectivity index (χ0n) is 10.3. The fourth-order valence-corrected chi connectivity index (χ4v) is 1.28. The second kappa shape index (κ2) is 7.34. The molecule has 0 spiro atoms. The quantitative estimate of drug-likeness (QED) is 0.863. The first-order chi connectivity index (χ1) is 8.34. The van der Waals surface area contributed by atoms with Gasteiger partial charge in [0.05, 0.1) is 0 Å². The monoisotopic (exact) mass is 230 g/mol. The summed E-state index contributed by atoms with van der Waals surface area (Å²) in [6.07, 6.45) is 0. The maximum Gasteiger partial charge on any atom is 0.120 e. The van der Waals surface area contributed by atoms with E-state index in [1.165, 1.54) is 0 Å². The van der Waals surface area contributed by atoms with Crippen LogP contribution in [0.15, 0.2) is 54.6 Å². The van der Waals surface area contributed by atoms with Crippen LogP contribution in [-0.4, -0.2) is 5.11 Å². The molecular formula is C15H18O2. The lowest BCUT2D eigenvalue weighted by molar-refractivity contribution is 0.305. The molecule has 0 saturated carbocycles. The number of hydrogen-bond acceptors (Lipinski definition) is 2. The maximum atomic E-state index is 9.09. The van der Waals surface area contributed by atoms with Crippen LogP contribution < -0.4 is 4.74 Å². The standard InChI is InChI=1S/C13H12O2.C2H6/c14-12-6-8-13(9-7-12)15-10-11-4-2-1-3-5-11;1-2/h1-9,14H,10H2;1-2H3. The molecule has 2 heteroatoms. The van der Waals surface area contributed by atoms with Gasteiger partial charge in [0, 0.05) is 0 Å². The van der Waals surface area contributed by atoms with Gasteiger partial charge < -0.3 is 9.84 Å². The molecular weight excluding hydrogens is 212 g/mol. The van der Waals surface area contributed by atoms with Gasteiger partial charge in [-0.1, -0.05) is 44.2 Å². The Bertz CT molecular complexity index is 407. The topological polar surface area (TPSA) is 29.5 Å². The molecule has 0 bridgehead atoms. The first-order valence-electron chi connectivity index (χ1n) is 5.80. The molecule has 0 atom stereocenters. The summed E-state index contributed by atoms with van der Waals surface area (Å²) in [7, 11) is 0. The van der Waals surface area contributed by atoms with Gasteiger partial charge in [0.25, 0.3) is 0 Å². The number of aromatic hydroxyl groups is 1. The van der Waals surface area contributed by atoms with Gasteiger partial charge >= 0.3 is 0 Å². The van der Waals surface area contributed by atoms with Gasteiger partial charge in [-0.25, -0.2) is 0 Å². The summed E-state index contributed by atoms with van der Waals surface area (Å²) in [6, 6.07) is 16.7. The number of phenols is 1. The van der Waals surface area contributed by atoms with Crippen LogP contribution in [0.1, 0.15) is 19.4 Å². The lowest BCUT2D eigenvalue weighted by Crippen LogP contribution is -1.94. The minimum atomic E-state index is 0.252. The van der Waals surface area contributed by atoms with E-state index in [1.54, 1.807) is 24.3 Å². The largest absolute Gasteiger partial charge is 0.508 e. The van der Waals surface area contributed by atoms with E-state index in [-0.39, 0.29) is 5.75 Å². The molecule has 0 amide bonds. The van der Waals surface area contributed by atoms with Crippen molar-refractivity contribution in [1.29, 1.82) is 0 Å². The Morgan fingerprint density at radius 1 is 0.882 bits per heavy atom. The molecule has 2 rings (SSSR count). The van der Waals surface area contributed by atoms with Crippen LogP contribution >= 0.6 is 0 Å². The number of benzene rings is 2. The van der Waals surface area contributed by atoms with Crippen molar-refractivity contribution in [3.8, 4) is 11.5 Å². The Labute approximate surface area is 102 Å². The first-order valence-corrected chi connectivity index (χ1v) is 5.80. The van der Waals surface area contributed by atoms with Crippen LogP contribution in [-0.2, 0) is 6.61 Å². The van der Waals surface area contributed by atoms with E-state index in [1.807, 2.05) is 44.2 Å². The summed E-state index contributed by atoms with van der Waals surface area (Å²) >= 11 is 0. The molecule has 0 aliphatic heterocycles. The SMILES string of the molecule is CC.Oc1ccc(OCc2ccccc2)cc1. The van der Waals surface area contributed by atoms with E-state index in [2.05, 4.69) is 0 Å². The molecule has 0 unspecified atom stereocenters. The van der Waals surface area contributed by atoms with E-state index in [0.29, 0.717) is 6.61 Å². The molecule has 0 aromatic heterocycles. The van der Waals surface area contributed by atoms with Gasteiger partial charge in [0.2, 0.25) is 0 Å². The number of ether oxygens (including phenoxy) is 1. The van der Waals surface area contributed by atoms with Gasteiger partial charge in [0.15, 0.2) is 0 Å². The molecule has 0 aliphatic rings. The van der Waals surface area contributed by atoms with Crippen molar-refractivity contribution in [1.82, 2.24) is 0 Å². The number of rotatable bonds is 3. The first kappa shape index (κ1) is 13.1. The Balaban J connectivity index is 0.000000686. The van der Waals surface area contributed by atoms with Crippen molar-refractivity contribution in [2.75, 3.05) is 0 Å². The average molecular weight is 230 g/mol. The fraction of sp³-hybridized carbons (Fsp3) is 0.200. The van der Waals surface area contributed by atoms with Crippen LogP contribution in [0.5, 0.6) is 11.5 Å². The van der Waals surface area contributed by atoms with Crippen LogP contribution in [0, 0.1) is 0 Å². The molecule has 2 nitrogen and oxygen atoms in total. The van der Waals surface area contributed by atoms with Crippen LogP contribution in [0.3, 0.4) is 0 Å². The Morgan fingerprint density at radius 3 is 2.06 bits per heavy atom. The minimum Gasteiger partial charge on any atom is -0.508 e. The second-order valence-corrected chi connectivity index (χ2v) is 3.27. The molecule has 17 heavy (non-hydrogen) atoms. The highest BCUT2D eigenvalue weighted by molar-refractivity contribution is 5.30. The number of hydrogen-bond donors (Lipinski definition) is 1. The predicted octanol–water partition coefficient (Wildman–Crippen LogP) is 4.00. The second-order valence-electron chi connectivity index (χ2n) is 3.27. The zero-order valence-corrected chi connectivity index (χ0v) is 10.3. The van der Waals surface area contributed by atoms with Gasteiger partial charge in [-0.2, -0.15) is 0 Å². The summed E-state index contributed by atoms with van der Waals surface area (Å²) < 4.78 is 5.54. The molecule has 0 aliphatic carbocycles. The Morgan fingerprint density at radius 2 is 1.47 bits per heavy atom. The molecule has 0 saturated heterocycles. The highest BCUT2D eigenvalue weighted by Gasteiger charge is 1.95. The average Bonchev–Trinajstić information content (AvgIpc) is 2.42. The summed E-state index contributed by atoms with van der Waals surface area (Å²) in [4.78, 5) is 0. The third-order valence-electron chi connectivity index (χ3n) is 2.09. The molecule has 0 radical (unpaired) electrons. The number of phenolic OH excluding ortho intramolecular Hbond substituents is 1. The van der Waals surface area contributed by atoms with Crippen molar-refractivity contribution in [2.45, 2.75) is 20.5 Å². The van der Waals surface area contributed by atoms with Crippen molar-refractivity contribution < 1.29 is 9.84 Å². The third kappa shape index (κ3) is 4.60. The van der Waals surface area contributed by atoms with E-state index < -0.39 is 0 Å². The van der Waals surface area contributed by atoms with Crippen molar-refractivity contribution in [3.05, 3.63) is 60.2 Å². The summed E-state index contributed by atoms with van der Waals surface area (Å²) in [5.41, 5.74) is 1.13. The Kier molecular flexibility index (Phi) is 5.66. The molecule has 0 heterocycles. The molecule has 2 aromatic rings. The zero-order chi connectivity index (χ0) is 12.5. The third-order valence-corrected chi connectivity index (χ3v) is 2.09. The van der Waals surface area contributed by atoms with E-state index in [9.17, 15) is 0 Å². The smallest absolute Gasteiger partial charge is 0.120 e. The lowest BCUT2D eigenvalue weighted by Gasteiger charge is -2.05. The molecule has 1 N–H and O–H groups in total. The Hall–Kier alpha value is -1.96. The van der Waals surface area contributed by atoms with Crippen molar-refractivity contribution in [3.63, 3.8) is 0 Å². The van der Waals surface area contributed by atoms with E-state index in [0.717, 1.165) is 11.3 Å². The molecule has 90 valence electrons. The van der Waals surface area contributed by atoms with E-state index >= 15 is 0 Å². The van der Waals surface area contributed by atoms with Crippen molar-refractivity contribution >= 4 is 0 Å². The van der Waals surface area contributed by atoms with Gasteiger partial charge in [-0.3, -0.25) is 0 Å². The van der Waals surface area contributed by atoms with Crippen LogP contribution in [0.4, 0.5) is 0 Å². The van der Waals surface area contributed by atoms with Gasteiger partial charge in [0.1, 0.15) is 18.1 Å². The van der Waals surface area contributed by atoms with Crippen LogP contribution in [0.25, 0.3) is 0 Å². The summed E-state index contributed by atoms with van der Waals surface area (Å²) in [6.45, 7) is 4.55. The molecule has 0 fully saturated rings. The highest BCUT2D eigenvalue weighted by Crippen LogP contribution is 2.17. The minimum absolute atomic E-state index is 0.252. The predicted molar refractivity (Wildman–Crippen MR) is 70.2 cm³/mol. The van der Waals surface area contributed by atoms with Gasteiger partial charge in [-0.05, 0) is 29.8 Å². The van der Waals surface area contributed by atoms with Crippen LogP contribution in [0.2, 0.25) is 0 Å². The van der Waals surface area contributed by atoms with E-state index in [4.69, 9.17) is 9.84 Å². The summed E-state index contributed by atoms with van der Waals surface area (Å²) in [5, 5.41) is 9.09. The maximum absolute atomic E-state index is 9.09. The van der Waals surface area contributed by atoms with Gasteiger partial charge in [-0.15, -0.1) is 0 Å². The normalized spacial score (nSPS) is 9.06.